The first-order chi connectivity index (χ1) is 69.2. The molecule has 6 aliphatic heterocycles. The van der Waals surface area contributed by atoms with Crippen LogP contribution in [0.5, 0.6) is 23.0 Å². The van der Waals surface area contributed by atoms with Crippen molar-refractivity contribution in [3.63, 3.8) is 0 Å². The molecule has 7 fully saturated rings. The molecule has 0 unspecified atom stereocenters. The number of H-pyrrole nitrogens is 1. The number of methoxy groups -OCH3 is 4. The van der Waals surface area contributed by atoms with Gasteiger partial charge >= 0.3 is 23.9 Å². The number of aromatic nitrogens is 1. The van der Waals surface area contributed by atoms with Gasteiger partial charge in [0, 0.05) is 167 Å². The highest BCUT2D eigenvalue weighted by molar-refractivity contribution is 6.31. The van der Waals surface area contributed by atoms with Crippen LogP contribution in [0.2, 0.25) is 0 Å². The van der Waals surface area contributed by atoms with Gasteiger partial charge in [-0.15, -0.1) is 35.6 Å². The van der Waals surface area contributed by atoms with Crippen molar-refractivity contribution >= 4 is 117 Å². The summed E-state index contributed by atoms with van der Waals surface area (Å²) < 4.78 is 57.5. The number of carbonyl (C=O) groups excluding carboxylic acids is 9. The predicted molar refractivity (Wildman–Crippen MR) is 539 cm³/mol. The van der Waals surface area contributed by atoms with Gasteiger partial charge in [-0.25, -0.2) is 9.18 Å². The molecule has 0 radical (unpaired) electrons. The Morgan fingerprint density at radius 3 is 2.07 bits per heavy atom. The Morgan fingerprint density at radius 1 is 0.769 bits per heavy atom. The van der Waals surface area contributed by atoms with Gasteiger partial charge in [0.1, 0.15) is 58.9 Å². The van der Waals surface area contributed by atoms with Gasteiger partial charge < -0.3 is 116 Å². The van der Waals surface area contributed by atoms with Crippen molar-refractivity contribution in [1.29, 1.82) is 0 Å². The van der Waals surface area contributed by atoms with E-state index in [9.17, 15) is 94.2 Å². The van der Waals surface area contributed by atoms with Crippen LogP contribution in [-0.2, 0) is 92.1 Å². The third-order valence-electron chi connectivity index (χ3n) is 34.9. The number of piperidine rings is 1. The second-order valence-electron chi connectivity index (χ2n) is 42.2. The molecule has 39 heteroatoms. The summed E-state index contributed by atoms with van der Waals surface area (Å²) in [5.41, 5.74) is 1.47. The van der Waals surface area contributed by atoms with Crippen LogP contribution in [0.15, 0.2) is 115 Å². The molecule has 7 heterocycles. The number of ether oxygens (including phenoxy) is 7. The van der Waals surface area contributed by atoms with E-state index in [-0.39, 0.29) is 77.3 Å². The molecule has 1 amide bonds. The van der Waals surface area contributed by atoms with Crippen molar-refractivity contribution in [1.82, 2.24) is 14.8 Å². The van der Waals surface area contributed by atoms with Crippen molar-refractivity contribution in [3.05, 3.63) is 176 Å². The number of Topliss-reactive ketones (excluding diaryl/α,β-unsaturated/α-hetero) is 2. The van der Waals surface area contributed by atoms with Gasteiger partial charge in [0.15, 0.2) is 41.2 Å². The van der Waals surface area contributed by atoms with Gasteiger partial charge in [-0.1, -0.05) is 94.0 Å². The molecule has 7 aliphatic carbocycles. The standard InChI is InChI=1S/C46H56N4O10.C27H29NO11.C22H29FO5.C13H18Cl2N2O2.ClH/c1-7-42(55)22-28-23-45(40(53)58-5,36-30(14-18-48(24-28)25-42)29-12-9-10-13-33(29)47-36)32-20-31-34(21-35(32)57-4)50(26-51)38-44(31)16-19-49-17-11-15-43(8-2,37(44)49)39(60-27(3)52)46(38,56)41(54)59-6;1-10-22(31)13(28)6-17(38-10)39-15-8-27(36,16(30)9-29)7-12-19(15)26(35)21-20(24(12)33)23(32)11-4-3-5-14(37-2)18(11)25(21)34;1-12-8-16-15-5-4-13-9-14(25)6-7-19(13,2)21(15,23)17(26)10-20(16,3)22(12,28)18(27)11-24;14-5-7-17(8-6-15)11-3-1-10(2-4-11)9-12(16)13(18)19;/h9-13,15,20-21,26,28,37-39,47,55-56H,7-8,14,16-19,22-25H2,1-6H3;3-5,10,13,15,17,22,29,31,33,35-36H,6-9,28H2,1-2H3;6-7,9,12,15-17,24,26,28H,4-5,8,10-11H2,1-3H3;1-4,12H,5-9,16H2,(H,18,19);1H/t28-,37+,38-,39-,42+,43-,44-,45+,46+;10-,13-,15-,17-,22+,27-;12-,15+,16+,17+,19+,20+,21+,22+;12-;/m1010./s1. The number of phenols is 2. The van der Waals surface area contributed by atoms with E-state index in [2.05, 4.69) is 25.8 Å². The lowest BCUT2D eigenvalue weighted by Gasteiger charge is -2.63. The van der Waals surface area contributed by atoms with E-state index in [1.54, 1.807) is 39.8 Å². The van der Waals surface area contributed by atoms with Crippen molar-refractivity contribution in [2.24, 2.45) is 51.4 Å². The monoisotopic (exact) mass is 2100 g/mol. The molecular weight excluding hydrogens is 1970 g/mol. The van der Waals surface area contributed by atoms with E-state index in [4.69, 9.17) is 72.9 Å². The number of benzene rings is 5. The minimum atomic E-state index is -2.53. The van der Waals surface area contributed by atoms with Crippen LogP contribution < -0.4 is 30.7 Å². The number of hydrogen-bond donors (Lipinski definition) is 14. The molecule has 1 aromatic heterocycles. The number of nitrogens with zero attached hydrogens (tertiary/aromatic N) is 4. The Labute approximate surface area is 866 Å². The molecule has 796 valence electrons. The number of aliphatic hydroxyl groups excluding tert-OH is 4. The Bertz CT molecular complexity index is 6250. The normalized spacial score (nSPS) is 34.4. The molecular formula is C108H133Cl3FN7O28. The third-order valence-corrected chi connectivity index (χ3v) is 35.2. The molecule has 19 rings (SSSR count). The van der Waals surface area contributed by atoms with Gasteiger partial charge in [-0.2, -0.15) is 0 Å². The molecule has 16 N–H and O–H groups in total. The number of esters is 3. The summed E-state index contributed by atoms with van der Waals surface area (Å²) in [6, 6.07) is 20.4. The number of anilines is 2. The summed E-state index contributed by atoms with van der Waals surface area (Å²) in [5.74, 6) is -7.89. The second-order valence-corrected chi connectivity index (χ2v) is 43.0. The van der Waals surface area contributed by atoms with Gasteiger partial charge in [0.25, 0.3) is 0 Å². The van der Waals surface area contributed by atoms with Crippen molar-refractivity contribution < 1.29 is 142 Å². The molecule has 25 atom stereocenters. The van der Waals surface area contributed by atoms with Crippen LogP contribution in [0.1, 0.15) is 196 Å². The number of alkyl halides is 3. The molecule has 6 aromatic rings. The maximum absolute atomic E-state index is 16.9. The molecule has 35 nitrogen and oxygen atoms in total. The maximum atomic E-state index is 16.9. The van der Waals surface area contributed by atoms with Crippen LogP contribution in [0.25, 0.3) is 10.9 Å². The topological polar surface area (TPSA) is 539 Å². The van der Waals surface area contributed by atoms with E-state index in [1.165, 1.54) is 70.6 Å². The smallest absolute Gasteiger partial charge is 0.344 e. The second kappa shape index (κ2) is 41.9. The number of rotatable bonds is 23. The molecule has 147 heavy (non-hydrogen) atoms. The summed E-state index contributed by atoms with van der Waals surface area (Å²) in [6.45, 7) is 14.6. The van der Waals surface area contributed by atoms with Crippen LogP contribution in [0, 0.1) is 39.9 Å². The summed E-state index contributed by atoms with van der Waals surface area (Å²) in [7, 11) is 5.41. The fraction of sp³-hybridized carbons (Fsp3) is 0.556. The molecule has 5 aromatic carbocycles. The number of aromatic amines is 1. The lowest BCUT2D eigenvalue weighted by molar-refractivity contribution is -0.247. The zero-order valence-electron chi connectivity index (χ0n) is 84.1. The largest absolute Gasteiger partial charge is 0.507 e. The quantitative estimate of drug-likeness (QED) is 0.00726. The average Bonchev–Trinajstić information content (AvgIpc) is 1.49. The lowest BCUT2D eigenvalue weighted by atomic mass is 9.44. The van der Waals surface area contributed by atoms with Crippen molar-refractivity contribution in [3.8, 4) is 23.0 Å². The maximum Gasteiger partial charge on any atom is 0.344 e. The van der Waals surface area contributed by atoms with Gasteiger partial charge in [0.05, 0.1) is 86.9 Å². The number of phenolic OH excluding ortho intramolecular Hbond substituents is 2. The number of hydrogen-bond acceptors (Lipinski definition) is 32. The Morgan fingerprint density at radius 2 is 1.45 bits per heavy atom. The van der Waals surface area contributed by atoms with Crippen LogP contribution in [0.3, 0.4) is 0 Å². The van der Waals surface area contributed by atoms with E-state index in [0.29, 0.717) is 143 Å². The highest BCUT2D eigenvalue weighted by atomic mass is 35.5. The minimum Gasteiger partial charge on any atom is -0.507 e. The number of aromatic hydroxyl groups is 2. The Hall–Kier alpha value is -10.2. The average molecular weight is 2100 g/mol. The summed E-state index contributed by atoms with van der Waals surface area (Å²) in [6.07, 6.45) is 5.47. The van der Waals surface area contributed by atoms with Gasteiger partial charge in [0.2, 0.25) is 17.8 Å². The number of fused-ring (bicyclic) bond motifs is 14. The fourth-order valence-corrected chi connectivity index (χ4v) is 28.5. The molecule has 4 saturated carbocycles. The zero-order valence-corrected chi connectivity index (χ0v) is 86.4. The number of nitrogens with two attached hydrogens (primary N) is 2. The molecule has 2 bridgehead atoms. The number of para-hydroxylation sites is 1. The van der Waals surface area contributed by atoms with Crippen LogP contribution >= 0.6 is 35.6 Å². The molecule has 1 spiro atoms. The van der Waals surface area contributed by atoms with Gasteiger partial charge in [-0.05, 0) is 168 Å². The number of halogens is 4. The number of carboxylic acid groups (broad SMARTS) is 1. The van der Waals surface area contributed by atoms with E-state index < -0.39 is 224 Å². The number of ketones is 5. The summed E-state index contributed by atoms with van der Waals surface area (Å²) in [4.78, 5) is 143. The van der Waals surface area contributed by atoms with Crippen LogP contribution in [-0.4, -0.2) is 312 Å². The molecule has 13 aliphatic rings. The van der Waals surface area contributed by atoms with E-state index in [0.717, 1.165) is 40.8 Å². The van der Waals surface area contributed by atoms with Crippen molar-refractivity contribution in [2.75, 3.05) is 109 Å². The third kappa shape index (κ3) is 17.6. The van der Waals surface area contributed by atoms with Gasteiger partial charge in [-0.3, -0.25) is 53.0 Å². The Balaban J connectivity index is 0.000000160. The number of amides is 1. The summed E-state index contributed by atoms with van der Waals surface area (Å²) in [5, 5.41) is 121. The fourth-order valence-electron chi connectivity index (χ4n) is 28.1. The number of allylic oxidation sites excluding steroid dienone is 4. The Kier molecular flexibility index (Phi) is 31.6. The number of carbonyl (C=O) groups is 10. The summed E-state index contributed by atoms with van der Waals surface area (Å²) >= 11 is 11.5. The van der Waals surface area contributed by atoms with E-state index >= 15 is 9.18 Å². The van der Waals surface area contributed by atoms with Crippen molar-refractivity contribution in [2.45, 2.75) is 238 Å². The first-order valence-electron chi connectivity index (χ1n) is 49.8. The highest BCUT2D eigenvalue weighted by Crippen LogP contribution is 2.73. The first kappa shape index (κ1) is 111. The highest BCUT2D eigenvalue weighted by Gasteiger charge is 2.82. The number of aliphatic hydroxyl groups is 8. The van der Waals surface area contributed by atoms with E-state index in [1.807, 2.05) is 74.5 Å². The lowest BCUT2D eigenvalue weighted by Crippen LogP contribution is -2.81. The SMILES string of the molecule is CC[C@]1(O)C[C@H]2C[N@](CCc3c([nH]c4ccccc34)[C@@](C(=O)OC)(c3cc4c(cc3OC)N(C=O)[C@H]3[C@@](O)(C(=O)OC)[C@H](OC(C)=O)[C@]5(CC)C=CCN6CC[C@]43[C@@H]65)C2)C1.COc1cccc2c1C(=O)c1c(O)c3c(c(O)c1C2=O)C[C@@](O)(C(=O)CO)C[C@@H]3O[C@H]1C[C@H](N)[C@H](O)[C@H](C)O1.C[C@@H]1C[C@H]2[C@@H]3CCC4=CC(=O)C=C[C@]4(C)[C@@]3(F)[C@@H](O)C[C@]2(C)[C@@]1(O)C(=O)CO.Cl.N[C@@H](Cc1ccc(N(CCCl)CCCl)cc1)C(=O)O. The predicted octanol–water partition coefficient (Wildman–Crippen LogP) is 7.76. The molecule has 3 saturated heterocycles. The number of aliphatic carboxylic acids is 1. The van der Waals surface area contributed by atoms with Crippen LogP contribution in [0.4, 0.5) is 15.8 Å². The first-order valence-corrected chi connectivity index (χ1v) is 50.9. The number of carboxylic acids is 1. The minimum absolute atomic E-state index is 0. The zero-order chi connectivity index (χ0) is 106. The number of nitrogens with one attached hydrogen (secondary N) is 1.